The highest BCUT2D eigenvalue weighted by atomic mass is 19.1. The van der Waals surface area contributed by atoms with Crippen molar-refractivity contribution in [3.8, 4) is 5.75 Å². The van der Waals surface area contributed by atoms with Crippen LogP contribution in [0.2, 0.25) is 0 Å². The first-order valence-corrected chi connectivity index (χ1v) is 6.44. The van der Waals surface area contributed by atoms with E-state index in [4.69, 9.17) is 10.5 Å². The number of nitrogens with zero attached hydrogens (tertiary/aromatic N) is 1. The van der Waals surface area contributed by atoms with Crippen LogP contribution in [0.3, 0.4) is 0 Å². The van der Waals surface area contributed by atoms with E-state index in [1.54, 1.807) is 12.1 Å². The van der Waals surface area contributed by atoms with Crippen LogP contribution in [0.15, 0.2) is 30.3 Å². The zero-order valence-electron chi connectivity index (χ0n) is 11.8. The number of nitrogens with two attached hydrogens (primary N) is 1. The number of ether oxygens (including phenoxy) is 1. The van der Waals surface area contributed by atoms with Crippen LogP contribution in [0.25, 0.3) is 0 Å². The molecule has 5 nitrogen and oxygen atoms in total. The molecule has 0 saturated heterocycles. The molecule has 2 rings (SSSR count). The first-order valence-electron chi connectivity index (χ1n) is 6.44. The number of hydrogen-bond acceptors (Lipinski definition) is 4. The summed E-state index contributed by atoms with van der Waals surface area (Å²) >= 11 is 0. The second-order valence-corrected chi connectivity index (χ2v) is 4.43. The van der Waals surface area contributed by atoms with Crippen molar-refractivity contribution in [2.75, 3.05) is 18.2 Å². The quantitative estimate of drug-likeness (QED) is 0.907. The summed E-state index contributed by atoms with van der Waals surface area (Å²) in [5.74, 6) is -0.517. The number of carbonyl (C=O) groups is 1. The van der Waals surface area contributed by atoms with Gasteiger partial charge in [-0.1, -0.05) is 6.92 Å². The Morgan fingerprint density at radius 1 is 1.38 bits per heavy atom. The molecule has 0 fully saturated rings. The van der Waals surface area contributed by atoms with Crippen LogP contribution in [-0.4, -0.2) is 18.0 Å². The van der Waals surface area contributed by atoms with E-state index in [2.05, 4.69) is 10.3 Å². The number of pyridine rings is 1. The Balaban J connectivity index is 2.21. The number of aryl methyl sites for hydroxylation is 1. The zero-order chi connectivity index (χ0) is 15.4. The number of rotatable bonds is 4. The maximum Gasteiger partial charge on any atom is 0.255 e. The molecule has 0 unspecified atom stereocenters. The molecule has 1 heterocycles. The number of halogens is 1. The molecule has 0 spiro atoms. The fourth-order valence-corrected chi connectivity index (χ4v) is 1.87. The number of hydrogen-bond donors (Lipinski definition) is 2. The smallest absolute Gasteiger partial charge is 0.255 e. The minimum Gasteiger partial charge on any atom is -0.494 e. The van der Waals surface area contributed by atoms with Crippen LogP contribution in [0, 0.1) is 5.82 Å². The van der Waals surface area contributed by atoms with Gasteiger partial charge in [-0.15, -0.1) is 0 Å². The highest BCUT2D eigenvalue weighted by molar-refractivity contribution is 6.04. The van der Waals surface area contributed by atoms with Crippen molar-refractivity contribution in [2.24, 2.45) is 0 Å². The number of nitrogen functional groups attached to an aromatic ring is 1. The third kappa shape index (κ3) is 3.47. The lowest BCUT2D eigenvalue weighted by molar-refractivity contribution is 0.102. The van der Waals surface area contributed by atoms with Gasteiger partial charge in [0, 0.05) is 23.0 Å². The van der Waals surface area contributed by atoms with Crippen molar-refractivity contribution < 1.29 is 13.9 Å². The Morgan fingerprint density at radius 3 is 2.76 bits per heavy atom. The summed E-state index contributed by atoms with van der Waals surface area (Å²) in [7, 11) is 1.38. The molecular weight excluding hydrogens is 273 g/mol. The molecule has 2 aromatic rings. The van der Waals surface area contributed by atoms with E-state index in [1.165, 1.54) is 25.3 Å². The molecule has 3 N–H and O–H groups in total. The van der Waals surface area contributed by atoms with Crippen LogP contribution in [0.5, 0.6) is 5.75 Å². The van der Waals surface area contributed by atoms with Crippen LogP contribution >= 0.6 is 0 Å². The SMILES string of the molecule is CCc1cc(C(=O)Nc2ccc(OC)c(F)c2)cc(N)n1. The van der Waals surface area contributed by atoms with Crippen molar-refractivity contribution in [1.82, 2.24) is 4.98 Å². The topological polar surface area (TPSA) is 77.2 Å². The number of methoxy groups -OCH3 is 1. The normalized spacial score (nSPS) is 10.2. The Bertz CT molecular complexity index is 674. The number of nitrogens with one attached hydrogen (secondary N) is 1. The Hall–Kier alpha value is -2.63. The molecule has 1 aromatic heterocycles. The Morgan fingerprint density at radius 2 is 2.14 bits per heavy atom. The third-order valence-corrected chi connectivity index (χ3v) is 2.93. The lowest BCUT2D eigenvalue weighted by atomic mass is 10.1. The van der Waals surface area contributed by atoms with E-state index in [0.29, 0.717) is 17.7 Å². The van der Waals surface area contributed by atoms with E-state index >= 15 is 0 Å². The van der Waals surface area contributed by atoms with Gasteiger partial charge < -0.3 is 15.8 Å². The highest BCUT2D eigenvalue weighted by Gasteiger charge is 2.10. The van der Waals surface area contributed by atoms with Gasteiger partial charge in [-0.2, -0.15) is 0 Å². The first-order chi connectivity index (χ1) is 10.0. The van der Waals surface area contributed by atoms with E-state index in [1.807, 2.05) is 6.92 Å². The average Bonchev–Trinajstić information content (AvgIpc) is 2.46. The van der Waals surface area contributed by atoms with E-state index in [0.717, 1.165) is 5.69 Å². The van der Waals surface area contributed by atoms with Gasteiger partial charge in [0.2, 0.25) is 0 Å². The minimum atomic E-state index is -0.543. The summed E-state index contributed by atoms with van der Waals surface area (Å²) in [6.45, 7) is 1.92. The summed E-state index contributed by atoms with van der Waals surface area (Å²) < 4.78 is 18.4. The molecule has 0 saturated carbocycles. The van der Waals surface area contributed by atoms with Gasteiger partial charge in [-0.25, -0.2) is 9.37 Å². The first kappa shape index (κ1) is 14.8. The van der Waals surface area contributed by atoms with Crippen molar-refractivity contribution in [1.29, 1.82) is 0 Å². The lowest BCUT2D eigenvalue weighted by Gasteiger charge is -2.09. The van der Waals surface area contributed by atoms with Gasteiger partial charge in [0.1, 0.15) is 5.82 Å². The van der Waals surface area contributed by atoms with Crippen molar-refractivity contribution in [2.45, 2.75) is 13.3 Å². The van der Waals surface area contributed by atoms with Gasteiger partial charge in [0.15, 0.2) is 11.6 Å². The van der Waals surface area contributed by atoms with Crippen LogP contribution in [-0.2, 0) is 6.42 Å². The fourth-order valence-electron chi connectivity index (χ4n) is 1.87. The standard InChI is InChI=1S/C15H16FN3O2/c1-3-10-6-9(7-14(17)18-10)15(20)19-11-4-5-13(21-2)12(16)8-11/h4-8H,3H2,1-2H3,(H2,17,18)(H,19,20). The lowest BCUT2D eigenvalue weighted by Crippen LogP contribution is -2.13. The number of aromatic nitrogens is 1. The molecule has 0 atom stereocenters. The zero-order valence-corrected chi connectivity index (χ0v) is 11.8. The second kappa shape index (κ2) is 6.21. The molecule has 1 aromatic carbocycles. The van der Waals surface area contributed by atoms with E-state index in [9.17, 15) is 9.18 Å². The summed E-state index contributed by atoms with van der Waals surface area (Å²) in [5, 5.41) is 2.61. The summed E-state index contributed by atoms with van der Waals surface area (Å²) in [6, 6.07) is 7.34. The molecule has 0 radical (unpaired) electrons. The molecule has 1 amide bonds. The summed E-state index contributed by atoms with van der Waals surface area (Å²) in [5.41, 5.74) is 7.11. The van der Waals surface area contributed by atoms with Crippen LogP contribution < -0.4 is 15.8 Å². The Kier molecular flexibility index (Phi) is 4.37. The predicted octanol–water partition coefficient (Wildman–Crippen LogP) is 2.63. The van der Waals surface area contributed by atoms with Crippen LogP contribution in [0.1, 0.15) is 23.0 Å². The number of carbonyl (C=O) groups excluding carboxylic acids is 1. The largest absolute Gasteiger partial charge is 0.494 e. The average molecular weight is 289 g/mol. The van der Waals surface area contributed by atoms with Gasteiger partial charge in [0.25, 0.3) is 5.91 Å². The molecule has 110 valence electrons. The van der Waals surface area contributed by atoms with Gasteiger partial charge in [0.05, 0.1) is 7.11 Å². The molecular formula is C15H16FN3O2. The van der Waals surface area contributed by atoms with Crippen molar-refractivity contribution in [3.63, 3.8) is 0 Å². The van der Waals surface area contributed by atoms with Gasteiger partial charge in [-0.05, 0) is 30.7 Å². The van der Waals surface area contributed by atoms with E-state index < -0.39 is 5.82 Å². The van der Waals surface area contributed by atoms with Crippen molar-refractivity contribution in [3.05, 3.63) is 47.4 Å². The van der Waals surface area contributed by atoms with E-state index in [-0.39, 0.29) is 17.5 Å². The number of anilines is 2. The Labute approximate surface area is 121 Å². The van der Waals surface area contributed by atoms with Crippen LogP contribution in [0.4, 0.5) is 15.9 Å². The summed E-state index contributed by atoms with van der Waals surface area (Å²) in [6.07, 6.45) is 0.669. The summed E-state index contributed by atoms with van der Waals surface area (Å²) in [4.78, 5) is 16.3. The maximum atomic E-state index is 13.6. The minimum absolute atomic E-state index is 0.120. The predicted molar refractivity (Wildman–Crippen MR) is 78.9 cm³/mol. The third-order valence-electron chi connectivity index (χ3n) is 2.93. The molecule has 21 heavy (non-hydrogen) atoms. The number of benzene rings is 1. The molecule has 0 aliphatic carbocycles. The fraction of sp³-hybridized carbons (Fsp3) is 0.200. The maximum absolute atomic E-state index is 13.6. The molecule has 0 aliphatic heterocycles. The van der Waals surface area contributed by atoms with Gasteiger partial charge >= 0.3 is 0 Å². The van der Waals surface area contributed by atoms with Crippen molar-refractivity contribution >= 4 is 17.4 Å². The molecule has 6 heteroatoms. The highest BCUT2D eigenvalue weighted by Crippen LogP contribution is 2.21. The molecule has 0 aliphatic rings. The van der Waals surface area contributed by atoms with Gasteiger partial charge in [-0.3, -0.25) is 4.79 Å². The number of amides is 1. The molecule has 0 bridgehead atoms. The monoisotopic (exact) mass is 289 g/mol. The second-order valence-electron chi connectivity index (χ2n) is 4.43.